The molecule has 0 fully saturated rings. The molecule has 1 heterocycles. The molecule has 92 valence electrons. The van der Waals surface area contributed by atoms with Gasteiger partial charge in [-0.05, 0) is 34.0 Å². The quantitative estimate of drug-likeness (QED) is 0.747. The number of nitriles is 1. The molecule has 0 aromatic carbocycles. The van der Waals surface area contributed by atoms with Crippen LogP contribution < -0.4 is 0 Å². The van der Waals surface area contributed by atoms with Gasteiger partial charge in [0.1, 0.15) is 10.7 Å². The van der Waals surface area contributed by atoms with Crippen LogP contribution in [0.5, 0.6) is 0 Å². The molecule has 1 unspecified atom stereocenters. The Hall–Kier alpha value is -1.47. The third kappa shape index (κ3) is 2.23. The number of hydrogen-bond acceptors (Lipinski definition) is 3. The molecule has 0 radical (unpaired) electrons. The Labute approximate surface area is 115 Å². The Balaban J connectivity index is 2.48. The lowest BCUT2D eigenvalue weighted by atomic mass is 9.70. The first-order valence-electron chi connectivity index (χ1n) is 5.73. The SMILES string of the molecule is CC1(C)CC(c2cccnc2Br)C=C(C#N)C1=O. The van der Waals surface area contributed by atoms with Gasteiger partial charge in [0, 0.05) is 17.5 Å². The van der Waals surface area contributed by atoms with Crippen LogP contribution in [0.3, 0.4) is 0 Å². The van der Waals surface area contributed by atoms with E-state index >= 15 is 0 Å². The fourth-order valence-corrected chi connectivity index (χ4v) is 2.85. The summed E-state index contributed by atoms with van der Waals surface area (Å²) >= 11 is 3.42. The smallest absolute Gasteiger partial charge is 0.178 e. The largest absolute Gasteiger partial charge is 0.293 e. The first-order valence-corrected chi connectivity index (χ1v) is 6.52. The first kappa shape index (κ1) is 13.0. The maximum atomic E-state index is 12.0. The molecular formula is C14H13BrN2O. The predicted molar refractivity (Wildman–Crippen MR) is 71.8 cm³/mol. The van der Waals surface area contributed by atoms with Crippen molar-refractivity contribution in [2.24, 2.45) is 5.41 Å². The summed E-state index contributed by atoms with van der Waals surface area (Å²) in [5, 5.41) is 9.06. The van der Waals surface area contributed by atoms with E-state index in [2.05, 4.69) is 20.9 Å². The van der Waals surface area contributed by atoms with Crippen molar-refractivity contribution in [2.75, 3.05) is 0 Å². The van der Waals surface area contributed by atoms with Crippen molar-refractivity contribution in [3.05, 3.63) is 40.1 Å². The molecule has 1 atom stereocenters. The molecule has 4 heteroatoms. The van der Waals surface area contributed by atoms with E-state index in [4.69, 9.17) is 5.26 Å². The van der Waals surface area contributed by atoms with Crippen molar-refractivity contribution in [2.45, 2.75) is 26.2 Å². The average Bonchev–Trinajstić information content (AvgIpc) is 2.33. The standard InChI is InChI=1S/C14H13BrN2O/c1-14(2)7-9(6-10(8-16)12(14)18)11-4-3-5-17-13(11)15/h3-6,9H,7H2,1-2H3. The summed E-state index contributed by atoms with van der Waals surface area (Å²) in [6.45, 7) is 3.77. The minimum Gasteiger partial charge on any atom is -0.293 e. The zero-order chi connectivity index (χ0) is 13.3. The fourth-order valence-electron chi connectivity index (χ4n) is 2.31. The second kappa shape index (κ2) is 4.66. The summed E-state index contributed by atoms with van der Waals surface area (Å²) in [4.78, 5) is 16.2. The molecule has 0 bridgehead atoms. The van der Waals surface area contributed by atoms with Crippen molar-refractivity contribution < 1.29 is 4.79 Å². The van der Waals surface area contributed by atoms with Gasteiger partial charge in [-0.15, -0.1) is 0 Å². The van der Waals surface area contributed by atoms with Crippen LogP contribution in [0.2, 0.25) is 0 Å². The van der Waals surface area contributed by atoms with Crippen LogP contribution in [-0.2, 0) is 4.79 Å². The van der Waals surface area contributed by atoms with E-state index in [1.807, 2.05) is 32.0 Å². The summed E-state index contributed by atoms with van der Waals surface area (Å²) in [6.07, 6.45) is 4.16. The lowest BCUT2D eigenvalue weighted by molar-refractivity contribution is -0.123. The lowest BCUT2D eigenvalue weighted by Crippen LogP contribution is -2.31. The molecule has 3 nitrogen and oxygen atoms in total. The number of ketones is 1. The van der Waals surface area contributed by atoms with Gasteiger partial charge < -0.3 is 0 Å². The van der Waals surface area contributed by atoms with Gasteiger partial charge in [0.25, 0.3) is 0 Å². The molecule has 0 saturated carbocycles. The number of aromatic nitrogens is 1. The molecular weight excluding hydrogens is 292 g/mol. The van der Waals surface area contributed by atoms with Crippen molar-refractivity contribution in [3.63, 3.8) is 0 Å². The summed E-state index contributed by atoms with van der Waals surface area (Å²) in [5.74, 6) is -0.0170. The molecule has 1 aliphatic rings. The highest BCUT2D eigenvalue weighted by Gasteiger charge is 2.37. The Bertz CT molecular complexity index is 569. The molecule has 2 rings (SSSR count). The van der Waals surface area contributed by atoms with E-state index in [1.165, 1.54) is 0 Å². The molecule has 0 spiro atoms. The van der Waals surface area contributed by atoms with Gasteiger partial charge in [-0.25, -0.2) is 4.98 Å². The van der Waals surface area contributed by atoms with Crippen LogP contribution >= 0.6 is 15.9 Å². The fraction of sp³-hybridized carbons (Fsp3) is 0.357. The van der Waals surface area contributed by atoms with Crippen molar-refractivity contribution in [1.29, 1.82) is 5.26 Å². The first-order chi connectivity index (χ1) is 8.45. The number of carbonyl (C=O) groups is 1. The molecule has 0 saturated heterocycles. The molecule has 1 aromatic rings. The number of hydrogen-bond donors (Lipinski definition) is 0. The van der Waals surface area contributed by atoms with E-state index in [-0.39, 0.29) is 17.3 Å². The predicted octanol–water partition coefficient (Wildman–Crippen LogP) is 3.38. The molecule has 0 N–H and O–H groups in total. The van der Waals surface area contributed by atoms with E-state index in [0.29, 0.717) is 6.42 Å². The second-order valence-corrected chi connectivity index (χ2v) is 5.85. The number of nitrogens with zero attached hydrogens (tertiary/aromatic N) is 2. The van der Waals surface area contributed by atoms with E-state index < -0.39 is 5.41 Å². The topological polar surface area (TPSA) is 53.8 Å². The number of Topliss-reactive ketones (excluding diaryl/α,β-unsaturated/α-hetero) is 1. The van der Waals surface area contributed by atoms with Gasteiger partial charge in [0.2, 0.25) is 0 Å². The van der Waals surface area contributed by atoms with E-state index in [0.717, 1.165) is 10.2 Å². The van der Waals surface area contributed by atoms with Crippen molar-refractivity contribution in [3.8, 4) is 6.07 Å². The van der Waals surface area contributed by atoms with Crippen LogP contribution in [-0.4, -0.2) is 10.8 Å². The van der Waals surface area contributed by atoms with Gasteiger partial charge in [0.15, 0.2) is 5.78 Å². The zero-order valence-corrected chi connectivity index (χ0v) is 11.9. The lowest BCUT2D eigenvalue weighted by Gasteiger charge is -2.31. The number of allylic oxidation sites excluding steroid dienone is 2. The Kier molecular flexibility index (Phi) is 3.36. The van der Waals surface area contributed by atoms with Gasteiger partial charge in [0.05, 0.1) is 5.57 Å². The van der Waals surface area contributed by atoms with Crippen molar-refractivity contribution >= 4 is 21.7 Å². The summed E-state index contributed by atoms with van der Waals surface area (Å²) in [6, 6.07) is 5.84. The van der Waals surface area contributed by atoms with Crippen molar-refractivity contribution in [1.82, 2.24) is 4.98 Å². The van der Waals surface area contributed by atoms with Crippen LogP contribution in [0.4, 0.5) is 0 Å². The maximum Gasteiger partial charge on any atom is 0.178 e. The second-order valence-electron chi connectivity index (χ2n) is 5.10. The number of halogens is 1. The summed E-state index contributed by atoms with van der Waals surface area (Å²) < 4.78 is 0.772. The average molecular weight is 305 g/mol. The van der Waals surface area contributed by atoms with Crippen LogP contribution in [0, 0.1) is 16.7 Å². The number of carbonyl (C=O) groups excluding carboxylic acids is 1. The maximum absolute atomic E-state index is 12.0. The van der Waals surface area contributed by atoms with Crippen LogP contribution in [0.1, 0.15) is 31.7 Å². The molecule has 0 aliphatic heterocycles. The van der Waals surface area contributed by atoms with Gasteiger partial charge >= 0.3 is 0 Å². The third-order valence-electron chi connectivity index (χ3n) is 3.27. The zero-order valence-electron chi connectivity index (χ0n) is 10.3. The van der Waals surface area contributed by atoms with E-state index in [9.17, 15) is 4.79 Å². The van der Waals surface area contributed by atoms with Gasteiger partial charge in [-0.3, -0.25) is 4.79 Å². The molecule has 1 aromatic heterocycles. The Morgan fingerprint density at radius 3 is 2.89 bits per heavy atom. The highest BCUT2D eigenvalue weighted by Crippen LogP contribution is 2.41. The van der Waals surface area contributed by atoms with E-state index in [1.54, 1.807) is 12.3 Å². The monoisotopic (exact) mass is 304 g/mol. The van der Waals surface area contributed by atoms with Crippen LogP contribution in [0.15, 0.2) is 34.6 Å². The highest BCUT2D eigenvalue weighted by molar-refractivity contribution is 9.10. The summed E-state index contributed by atoms with van der Waals surface area (Å²) in [7, 11) is 0. The van der Waals surface area contributed by atoms with Gasteiger partial charge in [-0.2, -0.15) is 5.26 Å². The molecule has 1 aliphatic carbocycles. The number of pyridine rings is 1. The minimum absolute atomic E-state index is 0.0513. The van der Waals surface area contributed by atoms with Crippen LogP contribution in [0.25, 0.3) is 0 Å². The molecule has 0 amide bonds. The Morgan fingerprint density at radius 1 is 1.56 bits per heavy atom. The Morgan fingerprint density at radius 2 is 2.28 bits per heavy atom. The number of rotatable bonds is 1. The molecule has 18 heavy (non-hydrogen) atoms. The minimum atomic E-state index is -0.500. The normalized spacial score (nSPS) is 22.2. The highest BCUT2D eigenvalue weighted by atomic mass is 79.9. The van der Waals surface area contributed by atoms with Gasteiger partial charge in [-0.1, -0.05) is 26.0 Å². The summed E-state index contributed by atoms with van der Waals surface area (Å²) in [5.41, 5.74) is 0.776. The third-order valence-corrected chi connectivity index (χ3v) is 3.93.